The Morgan fingerprint density at radius 1 is 1.13 bits per heavy atom. The number of piperidine rings is 1. The van der Waals surface area contributed by atoms with Crippen molar-refractivity contribution in [1.29, 1.82) is 0 Å². The lowest BCUT2D eigenvalue weighted by Gasteiger charge is -2.34. The Kier molecular flexibility index (Phi) is 5.39. The van der Waals surface area contributed by atoms with Crippen molar-refractivity contribution in [1.82, 2.24) is 9.88 Å². The van der Waals surface area contributed by atoms with Crippen LogP contribution in [0.4, 0.5) is 5.82 Å². The number of aromatic nitrogens is 1. The standard InChI is InChI=1S/C24H31N3O3/c1-16-9-19-11-27(17(2)13-28)12-23(19)25-24(16)26-7-5-21(6-8-26)30-22-4-3-18-14-29-15-20(18)10-22/h3-4,9-10,17,21,28H,5-8,11-15H2,1-2H3/t17-/m1/s1. The van der Waals surface area contributed by atoms with Gasteiger partial charge in [0.25, 0.3) is 0 Å². The summed E-state index contributed by atoms with van der Waals surface area (Å²) >= 11 is 0. The van der Waals surface area contributed by atoms with Crippen molar-refractivity contribution in [3.8, 4) is 5.75 Å². The Balaban J connectivity index is 1.22. The summed E-state index contributed by atoms with van der Waals surface area (Å²) in [5, 5.41) is 9.48. The lowest BCUT2D eigenvalue weighted by Crippen LogP contribution is -2.39. The second-order valence-corrected chi connectivity index (χ2v) is 8.90. The number of pyridine rings is 1. The van der Waals surface area contributed by atoms with Crippen LogP contribution in [-0.2, 0) is 31.0 Å². The molecule has 6 heteroatoms. The van der Waals surface area contributed by atoms with Crippen molar-refractivity contribution in [3.63, 3.8) is 0 Å². The van der Waals surface area contributed by atoms with E-state index in [2.05, 4.69) is 47.9 Å². The minimum absolute atomic E-state index is 0.168. The van der Waals surface area contributed by atoms with Gasteiger partial charge in [-0.25, -0.2) is 4.98 Å². The van der Waals surface area contributed by atoms with Gasteiger partial charge in [0, 0.05) is 45.1 Å². The maximum Gasteiger partial charge on any atom is 0.131 e. The Morgan fingerprint density at radius 2 is 1.93 bits per heavy atom. The maximum atomic E-state index is 9.48. The molecule has 3 aliphatic rings. The molecule has 0 spiro atoms. The molecule has 1 atom stereocenters. The van der Waals surface area contributed by atoms with Crippen molar-refractivity contribution in [2.45, 2.75) is 65.1 Å². The van der Waals surface area contributed by atoms with E-state index in [-0.39, 0.29) is 18.8 Å². The number of hydrogen-bond donors (Lipinski definition) is 1. The zero-order valence-electron chi connectivity index (χ0n) is 17.9. The number of aryl methyl sites for hydroxylation is 1. The molecule has 5 rings (SSSR count). The first-order valence-corrected chi connectivity index (χ1v) is 11.1. The minimum Gasteiger partial charge on any atom is -0.490 e. The molecule has 6 nitrogen and oxygen atoms in total. The van der Waals surface area contributed by atoms with Crippen molar-refractivity contribution in [3.05, 3.63) is 52.2 Å². The molecule has 1 aromatic heterocycles. The normalized spacial score (nSPS) is 20.3. The van der Waals surface area contributed by atoms with Crippen LogP contribution in [0.25, 0.3) is 0 Å². The van der Waals surface area contributed by atoms with E-state index in [1.807, 2.05) is 0 Å². The van der Waals surface area contributed by atoms with Gasteiger partial charge >= 0.3 is 0 Å². The number of hydrogen-bond acceptors (Lipinski definition) is 6. The van der Waals surface area contributed by atoms with Gasteiger partial charge in [-0.05, 0) is 54.3 Å². The highest BCUT2D eigenvalue weighted by atomic mass is 16.5. The molecule has 1 aromatic carbocycles. The van der Waals surface area contributed by atoms with Crippen molar-refractivity contribution in [2.75, 3.05) is 24.6 Å². The predicted octanol–water partition coefficient (Wildman–Crippen LogP) is 3.16. The molecule has 1 fully saturated rings. The Labute approximate surface area is 178 Å². The van der Waals surface area contributed by atoms with E-state index in [0.717, 1.165) is 62.9 Å². The first-order valence-electron chi connectivity index (χ1n) is 11.1. The van der Waals surface area contributed by atoms with Crippen molar-refractivity contribution < 1.29 is 14.6 Å². The minimum atomic E-state index is 0.168. The number of nitrogens with zero attached hydrogens (tertiary/aromatic N) is 3. The molecule has 0 saturated carbocycles. The number of aliphatic hydroxyl groups excluding tert-OH is 1. The first kappa shape index (κ1) is 19.8. The molecular weight excluding hydrogens is 378 g/mol. The molecule has 160 valence electrons. The molecule has 0 unspecified atom stereocenters. The van der Waals surface area contributed by atoms with E-state index in [4.69, 9.17) is 14.5 Å². The van der Waals surface area contributed by atoms with E-state index in [1.54, 1.807) is 0 Å². The van der Waals surface area contributed by atoms with Crippen LogP contribution in [0.5, 0.6) is 5.75 Å². The number of aliphatic hydroxyl groups is 1. The fraction of sp³-hybridized carbons (Fsp3) is 0.542. The quantitative estimate of drug-likeness (QED) is 0.819. The molecule has 0 amide bonds. The van der Waals surface area contributed by atoms with Gasteiger partial charge in [-0.15, -0.1) is 0 Å². The van der Waals surface area contributed by atoms with Crippen LogP contribution in [0, 0.1) is 6.92 Å². The average Bonchev–Trinajstić information content (AvgIpc) is 3.39. The van der Waals surface area contributed by atoms with Crippen LogP contribution in [-0.4, -0.2) is 46.8 Å². The number of rotatable bonds is 5. The zero-order valence-corrected chi connectivity index (χ0v) is 17.9. The van der Waals surface area contributed by atoms with Crippen LogP contribution in [0.15, 0.2) is 24.3 Å². The molecule has 30 heavy (non-hydrogen) atoms. The van der Waals surface area contributed by atoms with Crippen LogP contribution in [0.2, 0.25) is 0 Å². The summed E-state index contributed by atoms with van der Waals surface area (Å²) in [6, 6.07) is 8.80. The third-order valence-electron chi connectivity index (χ3n) is 6.71. The number of ether oxygens (including phenoxy) is 2. The second-order valence-electron chi connectivity index (χ2n) is 8.90. The summed E-state index contributed by atoms with van der Waals surface area (Å²) in [6.07, 6.45) is 2.25. The SMILES string of the molecule is Cc1cc2c(nc1N1CCC(Oc3ccc4c(c3)COC4)CC1)CN([C@H](C)CO)C2. The molecule has 1 saturated heterocycles. The summed E-state index contributed by atoms with van der Waals surface area (Å²) in [5.74, 6) is 2.07. The average molecular weight is 410 g/mol. The molecule has 0 aliphatic carbocycles. The van der Waals surface area contributed by atoms with Gasteiger partial charge in [0.05, 0.1) is 25.5 Å². The highest BCUT2D eigenvalue weighted by Crippen LogP contribution is 2.31. The predicted molar refractivity (Wildman–Crippen MR) is 116 cm³/mol. The molecule has 4 heterocycles. The number of anilines is 1. The largest absolute Gasteiger partial charge is 0.490 e. The molecular formula is C24H31N3O3. The van der Waals surface area contributed by atoms with Gasteiger partial charge < -0.3 is 19.5 Å². The van der Waals surface area contributed by atoms with Crippen LogP contribution in [0.3, 0.4) is 0 Å². The maximum absolute atomic E-state index is 9.48. The van der Waals surface area contributed by atoms with Gasteiger partial charge in [-0.1, -0.05) is 6.07 Å². The molecule has 0 radical (unpaired) electrons. The highest BCUT2D eigenvalue weighted by molar-refractivity contribution is 5.50. The topological polar surface area (TPSA) is 58.1 Å². The van der Waals surface area contributed by atoms with Gasteiger partial charge in [-0.3, -0.25) is 4.90 Å². The lowest BCUT2D eigenvalue weighted by molar-refractivity contribution is 0.133. The number of fused-ring (bicyclic) bond motifs is 2. The smallest absolute Gasteiger partial charge is 0.131 e. The van der Waals surface area contributed by atoms with E-state index in [9.17, 15) is 5.11 Å². The highest BCUT2D eigenvalue weighted by Gasteiger charge is 2.28. The van der Waals surface area contributed by atoms with E-state index >= 15 is 0 Å². The lowest BCUT2D eigenvalue weighted by atomic mass is 10.1. The van der Waals surface area contributed by atoms with E-state index in [0.29, 0.717) is 6.61 Å². The molecule has 2 aromatic rings. The van der Waals surface area contributed by atoms with Gasteiger partial charge in [0.1, 0.15) is 17.7 Å². The Hall–Kier alpha value is -2.15. The fourth-order valence-corrected chi connectivity index (χ4v) is 4.78. The second kappa shape index (κ2) is 8.17. The summed E-state index contributed by atoms with van der Waals surface area (Å²) in [7, 11) is 0. The summed E-state index contributed by atoms with van der Waals surface area (Å²) < 4.78 is 11.8. The van der Waals surface area contributed by atoms with E-state index in [1.165, 1.54) is 22.3 Å². The molecule has 0 bridgehead atoms. The Morgan fingerprint density at radius 3 is 2.73 bits per heavy atom. The monoisotopic (exact) mass is 409 g/mol. The van der Waals surface area contributed by atoms with Crippen LogP contribution >= 0.6 is 0 Å². The molecule has 3 aliphatic heterocycles. The Bertz CT molecular complexity index is 924. The summed E-state index contributed by atoms with van der Waals surface area (Å²) in [5.41, 5.74) is 6.24. The fourth-order valence-electron chi connectivity index (χ4n) is 4.78. The van der Waals surface area contributed by atoms with Crippen LogP contribution < -0.4 is 9.64 Å². The third-order valence-corrected chi connectivity index (χ3v) is 6.71. The third kappa shape index (κ3) is 3.80. The zero-order chi connectivity index (χ0) is 20.7. The van der Waals surface area contributed by atoms with Gasteiger partial charge in [-0.2, -0.15) is 0 Å². The van der Waals surface area contributed by atoms with Crippen molar-refractivity contribution in [2.24, 2.45) is 0 Å². The van der Waals surface area contributed by atoms with Gasteiger partial charge in [0.2, 0.25) is 0 Å². The first-order chi connectivity index (χ1) is 14.6. The van der Waals surface area contributed by atoms with E-state index < -0.39 is 0 Å². The van der Waals surface area contributed by atoms with Gasteiger partial charge in [0.15, 0.2) is 0 Å². The van der Waals surface area contributed by atoms with Crippen molar-refractivity contribution >= 4 is 5.82 Å². The summed E-state index contributed by atoms with van der Waals surface area (Å²) in [4.78, 5) is 9.74. The van der Waals surface area contributed by atoms with Crippen LogP contribution in [0.1, 0.15) is 47.7 Å². The summed E-state index contributed by atoms with van der Waals surface area (Å²) in [6.45, 7) is 9.46. The molecule has 1 N–H and O–H groups in total. The number of benzene rings is 1.